The highest BCUT2D eigenvalue weighted by Gasteiger charge is 2.29. The minimum atomic E-state index is -0.457. The summed E-state index contributed by atoms with van der Waals surface area (Å²) in [4.78, 5) is 13.9. The molecule has 1 atom stereocenters. The first-order valence-electron chi connectivity index (χ1n) is 8.29. The zero-order valence-electron chi connectivity index (χ0n) is 14.8. The van der Waals surface area contributed by atoms with Gasteiger partial charge in [-0.2, -0.15) is 0 Å². The van der Waals surface area contributed by atoms with Crippen molar-refractivity contribution in [1.82, 2.24) is 4.90 Å². The monoisotopic (exact) mass is 345 g/mol. The molecule has 0 radical (unpaired) electrons. The Morgan fingerprint density at radius 1 is 1.20 bits per heavy atom. The predicted octanol–water partition coefficient (Wildman–Crippen LogP) is 3.42. The molecule has 2 aromatic rings. The SMILES string of the molecule is COC(=O)c1ccc(CN2CCC[C@@H]2c2ccc(OC)cc2OC)o1. The van der Waals surface area contributed by atoms with E-state index in [0.29, 0.717) is 6.54 Å². The Balaban J connectivity index is 1.79. The first kappa shape index (κ1) is 17.4. The highest BCUT2D eigenvalue weighted by atomic mass is 16.5. The number of esters is 1. The van der Waals surface area contributed by atoms with Gasteiger partial charge in [-0.25, -0.2) is 4.79 Å². The minimum Gasteiger partial charge on any atom is -0.497 e. The molecule has 1 aromatic carbocycles. The summed E-state index contributed by atoms with van der Waals surface area (Å²) in [5.74, 6) is 2.13. The normalized spacial score (nSPS) is 17.5. The van der Waals surface area contributed by atoms with Crippen LogP contribution in [0.15, 0.2) is 34.7 Å². The largest absolute Gasteiger partial charge is 0.497 e. The molecule has 0 spiro atoms. The van der Waals surface area contributed by atoms with Crippen LogP contribution in [-0.2, 0) is 11.3 Å². The van der Waals surface area contributed by atoms with Gasteiger partial charge in [-0.1, -0.05) is 6.07 Å². The zero-order valence-corrected chi connectivity index (χ0v) is 14.8. The van der Waals surface area contributed by atoms with E-state index in [1.54, 1.807) is 20.3 Å². The lowest BCUT2D eigenvalue weighted by atomic mass is 10.0. The van der Waals surface area contributed by atoms with Gasteiger partial charge < -0.3 is 18.6 Å². The maximum absolute atomic E-state index is 11.5. The van der Waals surface area contributed by atoms with E-state index in [-0.39, 0.29) is 11.8 Å². The fourth-order valence-corrected chi connectivity index (χ4v) is 3.33. The highest BCUT2D eigenvalue weighted by molar-refractivity contribution is 5.86. The Labute approximate surface area is 147 Å². The third kappa shape index (κ3) is 3.64. The van der Waals surface area contributed by atoms with Crippen LogP contribution in [0.25, 0.3) is 0 Å². The van der Waals surface area contributed by atoms with Gasteiger partial charge in [-0.05, 0) is 37.6 Å². The van der Waals surface area contributed by atoms with E-state index in [2.05, 4.69) is 15.7 Å². The van der Waals surface area contributed by atoms with Crippen LogP contribution in [0, 0.1) is 0 Å². The second-order valence-corrected chi connectivity index (χ2v) is 5.99. The van der Waals surface area contributed by atoms with Gasteiger partial charge in [0.25, 0.3) is 0 Å². The van der Waals surface area contributed by atoms with Crippen LogP contribution in [0.5, 0.6) is 11.5 Å². The van der Waals surface area contributed by atoms with Crippen molar-refractivity contribution < 1.29 is 23.4 Å². The fraction of sp³-hybridized carbons (Fsp3) is 0.421. The van der Waals surface area contributed by atoms with Crippen LogP contribution in [0.2, 0.25) is 0 Å². The van der Waals surface area contributed by atoms with Crippen molar-refractivity contribution in [1.29, 1.82) is 0 Å². The van der Waals surface area contributed by atoms with Crippen molar-refractivity contribution in [3.05, 3.63) is 47.4 Å². The smallest absolute Gasteiger partial charge is 0.373 e. The summed E-state index contributed by atoms with van der Waals surface area (Å²) >= 11 is 0. The van der Waals surface area contributed by atoms with E-state index in [1.165, 1.54) is 7.11 Å². The average molecular weight is 345 g/mol. The molecule has 1 fully saturated rings. The van der Waals surface area contributed by atoms with Crippen molar-refractivity contribution in [2.75, 3.05) is 27.9 Å². The van der Waals surface area contributed by atoms with Crippen molar-refractivity contribution in [2.24, 2.45) is 0 Å². The second-order valence-electron chi connectivity index (χ2n) is 5.99. The van der Waals surface area contributed by atoms with Gasteiger partial charge in [0, 0.05) is 17.7 Å². The third-order valence-electron chi connectivity index (χ3n) is 4.57. The Kier molecular flexibility index (Phi) is 5.28. The molecule has 1 saturated heterocycles. The number of carbonyl (C=O) groups is 1. The zero-order chi connectivity index (χ0) is 17.8. The maximum Gasteiger partial charge on any atom is 0.373 e. The molecule has 2 heterocycles. The predicted molar refractivity (Wildman–Crippen MR) is 92.0 cm³/mol. The molecule has 0 unspecified atom stereocenters. The van der Waals surface area contributed by atoms with Gasteiger partial charge in [0.2, 0.25) is 5.76 Å². The van der Waals surface area contributed by atoms with Crippen LogP contribution in [0.4, 0.5) is 0 Å². The van der Waals surface area contributed by atoms with Crippen LogP contribution < -0.4 is 9.47 Å². The van der Waals surface area contributed by atoms with E-state index in [1.807, 2.05) is 18.2 Å². The molecule has 3 rings (SSSR count). The number of ether oxygens (including phenoxy) is 3. The topological polar surface area (TPSA) is 61.1 Å². The van der Waals surface area contributed by atoms with Gasteiger partial charge in [-0.3, -0.25) is 4.90 Å². The minimum absolute atomic E-state index is 0.232. The number of nitrogens with zero attached hydrogens (tertiary/aromatic N) is 1. The Bertz CT molecular complexity index is 739. The van der Waals surface area contributed by atoms with Gasteiger partial charge in [-0.15, -0.1) is 0 Å². The first-order chi connectivity index (χ1) is 12.2. The summed E-state index contributed by atoms with van der Waals surface area (Å²) in [5.41, 5.74) is 1.14. The molecule has 0 amide bonds. The van der Waals surface area contributed by atoms with Crippen LogP contribution in [0.3, 0.4) is 0 Å². The first-order valence-corrected chi connectivity index (χ1v) is 8.29. The van der Waals surface area contributed by atoms with E-state index >= 15 is 0 Å². The molecule has 1 aromatic heterocycles. The molecule has 6 heteroatoms. The summed E-state index contributed by atoms with van der Waals surface area (Å²) in [7, 11) is 4.66. The molecule has 1 aliphatic rings. The summed E-state index contributed by atoms with van der Waals surface area (Å²) < 4.78 is 21.1. The number of hydrogen-bond donors (Lipinski definition) is 0. The van der Waals surface area contributed by atoms with Crippen LogP contribution in [-0.4, -0.2) is 38.7 Å². The lowest BCUT2D eigenvalue weighted by Gasteiger charge is -2.25. The average Bonchev–Trinajstić information content (AvgIpc) is 3.30. The van der Waals surface area contributed by atoms with E-state index in [4.69, 9.17) is 13.9 Å². The molecule has 1 aliphatic heterocycles. The number of rotatable bonds is 6. The fourth-order valence-electron chi connectivity index (χ4n) is 3.33. The van der Waals surface area contributed by atoms with Crippen LogP contribution >= 0.6 is 0 Å². The van der Waals surface area contributed by atoms with E-state index in [9.17, 15) is 4.79 Å². The van der Waals surface area contributed by atoms with E-state index < -0.39 is 5.97 Å². The summed E-state index contributed by atoms with van der Waals surface area (Å²) in [6.07, 6.45) is 2.15. The molecular formula is C19H23NO5. The van der Waals surface area contributed by atoms with Gasteiger partial charge >= 0.3 is 5.97 Å². The quantitative estimate of drug-likeness (QED) is 0.748. The Morgan fingerprint density at radius 2 is 2.04 bits per heavy atom. The number of hydrogen-bond acceptors (Lipinski definition) is 6. The van der Waals surface area contributed by atoms with Gasteiger partial charge in [0.05, 0.1) is 27.9 Å². The van der Waals surface area contributed by atoms with Gasteiger partial charge in [0.15, 0.2) is 0 Å². The van der Waals surface area contributed by atoms with Crippen molar-refractivity contribution in [3.8, 4) is 11.5 Å². The number of methoxy groups -OCH3 is 3. The summed E-state index contributed by atoms with van der Waals surface area (Å²) in [5, 5.41) is 0. The number of likely N-dealkylation sites (tertiary alicyclic amines) is 1. The van der Waals surface area contributed by atoms with Crippen molar-refractivity contribution in [3.63, 3.8) is 0 Å². The van der Waals surface area contributed by atoms with Crippen molar-refractivity contribution >= 4 is 5.97 Å². The van der Waals surface area contributed by atoms with Crippen LogP contribution in [0.1, 0.15) is 40.8 Å². The third-order valence-corrected chi connectivity index (χ3v) is 4.57. The Morgan fingerprint density at radius 3 is 2.76 bits per heavy atom. The van der Waals surface area contributed by atoms with E-state index in [0.717, 1.165) is 42.2 Å². The highest BCUT2D eigenvalue weighted by Crippen LogP contribution is 2.39. The number of benzene rings is 1. The number of furan rings is 1. The molecular weight excluding hydrogens is 322 g/mol. The molecule has 0 saturated carbocycles. The lowest BCUT2D eigenvalue weighted by Crippen LogP contribution is -2.23. The van der Waals surface area contributed by atoms with Gasteiger partial charge in [0.1, 0.15) is 17.3 Å². The summed E-state index contributed by atoms with van der Waals surface area (Å²) in [6.45, 7) is 1.60. The molecule has 134 valence electrons. The molecule has 0 aliphatic carbocycles. The standard InChI is InChI=1S/C19H23NO5/c1-22-13-6-8-15(18(11-13)23-2)16-5-4-10-20(16)12-14-7-9-17(25-14)19(21)24-3/h6-9,11,16H,4-5,10,12H2,1-3H3/t16-/m1/s1. The molecule has 0 bridgehead atoms. The molecule has 6 nitrogen and oxygen atoms in total. The second kappa shape index (κ2) is 7.61. The van der Waals surface area contributed by atoms with Crippen molar-refractivity contribution in [2.45, 2.75) is 25.4 Å². The summed E-state index contributed by atoms with van der Waals surface area (Å²) in [6, 6.07) is 9.65. The number of carbonyl (C=O) groups excluding carboxylic acids is 1. The molecule has 25 heavy (non-hydrogen) atoms. The maximum atomic E-state index is 11.5. The Hall–Kier alpha value is -2.47. The molecule has 0 N–H and O–H groups in total. The lowest BCUT2D eigenvalue weighted by molar-refractivity contribution is 0.0561.